The number of carbonyl (C=O) groups is 1. The minimum Gasteiger partial charge on any atom is -0.507 e. The number of hydrogen-bond acceptors (Lipinski definition) is 8. The summed E-state index contributed by atoms with van der Waals surface area (Å²) in [6.45, 7) is 1.74. The van der Waals surface area contributed by atoms with Crippen LogP contribution >= 0.6 is 0 Å². The number of nitrogens with two attached hydrogens (primary N) is 1. The lowest BCUT2D eigenvalue weighted by atomic mass is 9.98. The van der Waals surface area contributed by atoms with Gasteiger partial charge in [-0.25, -0.2) is 11.3 Å². The van der Waals surface area contributed by atoms with Crippen LogP contribution in [0, 0.1) is 0 Å². The lowest BCUT2D eigenvalue weighted by Crippen LogP contribution is -2.34. The fourth-order valence-corrected chi connectivity index (χ4v) is 3.03. The number of nitrogens with one attached hydrogen (secondary N) is 3. The molecule has 1 fully saturated rings. The van der Waals surface area contributed by atoms with Gasteiger partial charge in [0.25, 0.3) is 5.91 Å². The van der Waals surface area contributed by atoms with Crippen LogP contribution in [0.25, 0.3) is 0 Å². The molecule has 9 heteroatoms. The molecule has 3 unspecified atom stereocenters. The van der Waals surface area contributed by atoms with Crippen molar-refractivity contribution in [3.63, 3.8) is 0 Å². The molecule has 3 atom stereocenters. The van der Waals surface area contributed by atoms with Crippen LogP contribution in [-0.4, -0.2) is 36.9 Å². The second-order valence-electron chi connectivity index (χ2n) is 6.37. The van der Waals surface area contributed by atoms with E-state index in [1.165, 1.54) is 6.07 Å². The van der Waals surface area contributed by atoms with Crippen LogP contribution in [0.15, 0.2) is 42.5 Å². The van der Waals surface area contributed by atoms with Gasteiger partial charge in [-0.1, -0.05) is 12.1 Å². The highest BCUT2D eigenvalue weighted by Crippen LogP contribution is 2.36. The third-order valence-electron chi connectivity index (χ3n) is 4.49. The van der Waals surface area contributed by atoms with Gasteiger partial charge in [0.2, 0.25) is 0 Å². The standard InChI is InChI=1S/C19H24N4O5/c1-11-19(28-16-6-4-3-5-15(16)26-2)18(23-22-11)13-8-7-12(9-14(13)24)27-10-17(25)21-20/h3-9,11,18-19,22-24H,10,20H2,1-2H3,(H,21,25). The summed E-state index contributed by atoms with van der Waals surface area (Å²) in [6.07, 6.45) is -0.308. The number of phenolic OH excluding ortho intramolecular Hbond substituents is 1. The van der Waals surface area contributed by atoms with E-state index in [0.29, 0.717) is 22.8 Å². The fourth-order valence-electron chi connectivity index (χ4n) is 3.03. The number of phenols is 1. The van der Waals surface area contributed by atoms with Gasteiger partial charge >= 0.3 is 0 Å². The van der Waals surface area contributed by atoms with Gasteiger partial charge in [-0.15, -0.1) is 0 Å². The van der Waals surface area contributed by atoms with Crippen molar-refractivity contribution in [2.45, 2.75) is 25.1 Å². The third kappa shape index (κ3) is 4.28. The second-order valence-corrected chi connectivity index (χ2v) is 6.37. The molecule has 1 amide bonds. The largest absolute Gasteiger partial charge is 0.507 e. The number of benzene rings is 2. The summed E-state index contributed by atoms with van der Waals surface area (Å²) in [7, 11) is 1.59. The molecule has 1 heterocycles. The molecular formula is C19H24N4O5. The summed E-state index contributed by atoms with van der Waals surface area (Å²) in [4.78, 5) is 11.2. The van der Waals surface area contributed by atoms with Crippen LogP contribution < -0.4 is 36.3 Å². The maximum atomic E-state index is 11.2. The van der Waals surface area contributed by atoms with Crippen LogP contribution in [0.1, 0.15) is 18.5 Å². The molecule has 0 radical (unpaired) electrons. The first kappa shape index (κ1) is 19.7. The van der Waals surface area contributed by atoms with E-state index in [1.807, 2.05) is 36.6 Å². The van der Waals surface area contributed by atoms with Crippen molar-refractivity contribution in [1.82, 2.24) is 16.3 Å². The van der Waals surface area contributed by atoms with Crippen LogP contribution in [-0.2, 0) is 4.79 Å². The van der Waals surface area contributed by atoms with Crippen molar-refractivity contribution in [2.75, 3.05) is 13.7 Å². The zero-order valence-electron chi connectivity index (χ0n) is 15.6. The number of para-hydroxylation sites is 2. The second kappa shape index (κ2) is 8.79. The molecule has 9 nitrogen and oxygen atoms in total. The minimum absolute atomic E-state index is 0.0210. The Labute approximate surface area is 162 Å². The van der Waals surface area contributed by atoms with Gasteiger partial charge in [0.05, 0.1) is 19.2 Å². The van der Waals surface area contributed by atoms with Crippen LogP contribution in [0.3, 0.4) is 0 Å². The zero-order chi connectivity index (χ0) is 20.1. The molecule has 28 heavy (non-hydrogen) atoms. The van der Waals surface area contributed by atoms with E-state index in [1.54, 1.807) is 19.2 Å². The van der Waals surface area contributed by atoms with Crippen molar-refractivity contribution in [3.8, 4) is 23.0 Å². The number of hydrazine groups is 2. The van der Waals surface area contributed by atoms with E-state index in [-0.39, 0.29) is 30.5 Å². The van der Waals surface area contributed by atoms with Gasteiger partial charge in [-0.2, -0.15) is 0 Å². The quantitative estimate of drug-likeness (QED) is 0.267. The highest BCUT2D eigenvalue weighted by molar-refractivity contribution is 5.76. The van der Waals surface area contributed by atoms with Gasteiger partial charge in [-0.05, 0) is 31.2 Å². The van der Waals surface area contributed by atoms with Gasteiger partial charge in [0.1, 0.15) is 17.6 Å². The summed E-state index contributed by atoms with van der Waals surface area (Å²) in [6, 6.07) is 11.9. The summed E-state index contributed by atoms with van der Waals surface area (Å²) in [5, 5.41) is 10.5. The molecule has 0 spiro atoms. The zero-order valence-corrected chi connectivity index (χ0v) is 15.6. The molecule has 3 rings (SSSR count). The molecule has 1 aliphatic heterocycles. The number of aromatic hydroxyl groups is 1. The number of ether oxygens (including phenoxy) is 3. The molecule has 0 bridgehead atoms. The van der Waals surface area contributed by atoms with Crippen molar-refractivity contribution in [3.05, 3.63) is 48.0 Å². The van der Waals surface area contributed by atoms with Crippen molar-refractivity contribution in [1.29, 1.82) is 0 Å². The molecule has 0 aliphatic carbocycles. The summed E-state index contributed by atoms with van der Waals surface area (Å²) in [5.41, 5.74) is 8.90. The summed E-state index contributed by atoms with van der Waals surface area (Å²) in [5.74, 6) is 6.17. The molecule has 0 aromatic heterocycles. The molecule has 2 aromatic rings. The average Bonchev–Trinajstić information content (AvgIpc) is 3.06. The van der Waals surface area contributed by atoms with Crippen molar-refractivity contribution in [2.24, 2.45) is 5.84 Å². The Hall–Kier alpha value is -3.01. The van der Waals surface area contributed by atoms with E-state index in [9.17, 15) is 9.90 Å². The topological polar surface area (TPSA) is 127 Å². The Morgan fingerprint density at radius 3 is 2.64 bits per heavy atom. The van der Waals surface area contributed by atoms with E-state index in [4.69, 9.17) is 20.1 Å². The molecular weight excluding hydrogens is 364 g/mol. The Bertz CT molecular complexity index is 832. The van der Waals surface area contributed by atoms with Crippen LogP contribution in [0.4, 0.5) is 0 Å². The Balaban J connectivity index is 1.78. The normalized spacial score (nSPS) is 21.2. The number of carbonyl (C=O) groups excluding carboxylic acids is 1. The van der Waals surface area contributed by atoms with E-state index >= 15 is 0 Å². The number of amides is 1. The van der Waals surface area contributed by atoms with Crippen LogP contribution in [0.5, 0.6) is 23.0 Å². The molecule has 6 N–H and O–H groups in total. The molecule has 150 valence electrons. The van der Waals surface area contributed by atoms with Crippen LogP contribution in [0.2, 0.25) is 0 Å². The predicted octanol–water partition coefficient (Wildman–Crippen LogP) is 0.754. The van der Waals surface area contributed by atoms with E-state index in [2.05, 4.69) is 10.9 Å². The smallest absolute Gasteiger partial charge is 0.271 e. The SMILES string of the molecule is COc1ccccc1OC1C(C)NNC1c1ccc(OCC(=O)NN)cc1O. The average molecular weight is 388 g/mol. The van der Waals surface area contributed by atoms with E-state index in [0.717, 1.165) is 0 Å². The lowest BCUT2D eigenvalue weighted by Gasteiger charge is -2.24. The van der Waals surface area contributed by atoms with Crippen molar-refractivity contribution >= 4 is 5.91 Å². The summed E-state index contributed by atoms with van der Waals surface area (Å²) >= 11 is 0. The number of methoxy groups -OCH3 is 1. The van der Waals surface area contributed by atoms with Gasteiger partial charge in [0, 0.05) is 11.6 Å². The minimum atomic E-state index is -0.468. The molecule has 0 saturated carbocycles. The summed E-state index contributed by atoms with van der Waals surface area (Å²) < 4.78 is 16.8. The Kier molecular flexibility index (Phi) is 6.19. The van der Waals surface area contributed by atoms with E-state index < -0.39 is 5.91 Å². The van der Waals surface area contributed by atoms with Gasteiger partial charge < -0.3 is 19.3 Å². The maximum Gasteiger partial charge on any atom is 0.271 e. The highest BCUT2D eigenvalue weighted by Gasteiger charge is 2.38. The lowest BCUT2D eigenvalue weighted by molar-refractivity contribution is -0.123. The number of hydrogen-bond donors (Lipinski definition) is 5. The first-order chi connectivity index (χ1) is 13.5. The van der Waals surface area contributed by atoms with Gasteiger partial charge in [0.15, 0.2) is 18.1 Å². The molecule has 1 saturated heterocycles. The maximum absolute atomic E-state index is 11.2. The molecule has 2 aromatic carbocycles. The first-order valence-corrected chi connectivity index (χ1v) is 8.79. The molecule has 1 aliphatic rings. The predicted molar refractivity (Wildman–Crippen MR) is 102 cm³/mol. The third-order valence-corrected chi connectivity index (χ3v) is 4.49. The monoisotopic (exact) mass is 388 g/mol. The number of rotatable bonds is 7. The van der Waals surface area contributed by atoms with Crippen molar-refractivity contribution < 1.29 is 24.1 Å². The Morgan fingerprint density at radius 1 is 1.21 bits per heavy atom. The van der Waals surface area contributed by atoms with Gasteiger partial charge in [-0.3, -0.25) is 15.6 Å². The first-order valence-electron chi connectivity index (χ1n) is 8.79. The Morgan fingerprint density at radius 2 is 1.96 bits per heavy atom. The fraction of sp³-hybridized carbons (Fsp3) is 0.316. The highest BCUT2D eigenvalue weighted by atomic mass is 16.5.